The molecule has 1 unspecified atom stereocenters. The Morgan fingerprint density at radius 1 is 1.32 bits per heavy atom. The Hall–Kier alpha value is -1.26. The first kappa shape index (κ1) is 17.1. The Kier molecular flexibility index (Phi) is 7.54. The van der Waals surface area contributed by atoms with Crippen molar-refractivity contribution in [3.63, 3.8) is 0 Å². The summed E-state index contributed by atoms with van der Waals surface area (Å²) in [5, 5.41) is 7.43. The van der Waals surface area contributed by atoms with E-state index in [-0.39, 0.29) is 0 Å². The van der Waals surface area contributed by atoms with Crippen molar-refractivity contribution < 1.29 is 4.74 Å². The molecule has 5 heteroatoms. The molecule has 1 aromatic rings. The highest BCUT2D eigenvalue weighted by Crippen LogP contribution is 2.14. The normalized spacial score (nSPS) is 18.5. The van der Waals surface area contributed by atoms with E-state index in [1.807, 2.05) is 12.1 Å². The van der Waals surface area contributed by atoms with Crippen LogP contribution < -0.4 is 10.6 Å². The molecular formula is C17H26ClN3O. The second kappa shape index (κ2) is 9.70. The predicted octanol–water partition coefficient (Wildman–Crippen LogP) is 3.01. The van der Waals surface area contributed by atoms with Crippen LogP contribution in [0.2, 0.25) is 5.02 Å². The molecule has 0 bridgehead atoms. The maximum Gasteiger partial charge on any atom is 0.191 e. The molecule has 0 saturated carbocycles. The number of aliphatic imine (C=N–C) groups is 1. The maximum atomic E-state index is 5.89. The minimum absolute atomic E-state index is 0.403. The van der Waals surface area contributed by atoms with Gasteiger partial charge in [0, 0.05) is 31.3 Å². The molecule has 0 amide bonds. The third-order valence-electron chi connectivity index (χ3n) is 3.71. The summed E-state index contributed by atoms with van der Waals surface area (Å²) in [6.45, 7) is 5.52. The minimum Gasteiger partial charge on any atom is -0.378 e. The summed E-state index contributed by atoms with van der Waals surface area (Å²) in [7, 11) is 0. The second-order valence-corrected chi connectivity index (χ2v) is 5.92. The number of benzene rings is 1. The Labute approximate surface area is 138 Å². The smallest absolute Gasteiger partial charge is 0.191 e. The van der Waals surface area contributed by atoms with E-state index >= 15 is 0 Å². The predicted molar refractivity (Wildman–Crippen MR) is 92.7 cm³/mol. The molecule has 2 rings (SSSR count). The lowest BCUT2D eigenvalue weighted by Gasteiger charge is -2.12. The molecule has 1 heterocycles. The van der Waals surface area contributed by atoms with E-state index in [4.69, 9.17) is 16.3 Å². The lowest BCUT2D eigenvalue weighted by Crippen LogP contribution is -2.38. The molecule has 2 N–H and O–H groups in total. The largest absolute Gasteiger partial charge is 0.378 e. The Balaban J connectivity index is 1.71. The summed E-state index contributed by atoms with van der Waals surface area (Å²) in [5.74, 6) is 0.884. The van der Waals surface area contributed by atoms with Crippen LogP contribution in [0.1, 0.15) is 31.7 Å². The van der Waals surface area contributed by atoms with Crippen LogP contribution in [0.5, 0.6) is 0 Å². The van der Waals surface area contributed by atoms with Gasteiger partial charge in [-0.05, 0) is 50.3 Å². The van der Waals surface area contributed by atoms with Crippen LogP contribution in [0.25, 0.3) is 0 Å². The van der Waals surface area contributed by atoms with Gasteiger partial charge in [0.2, 0.25) is 0 Å². The van der Waals surface area contributed by atoms with Gasteiger partial charge in [0.05, 0.1) is 6.10 Å². The quantitative estimate of drug-likeness (QED) is 0.599. The van der Waals surface area contributed by atoms with Gasteiger partial charge < -0.3 is 15.4 Å². The van der Waals surface area contributed by atoms with Crippen molar-refractivity contribution in [1.82, 2.24) is 10.6 Å². The van der Waals surface area contributed by atoms with E-state index in [2.05, 4.69) is 34.7 Å². The molecule has 1 saturated heterocycles. The first-order chi connectivity index (χ1) is 10.8. The zero-order valence-electron chi connectivity index (χ0n) is 13.3. The van der Waals surface area contributed by atoms with Gasteiger partial charge in [-0.2, -0.15) is 0 Å². The van der Waals surface area contributed by atoms with E-state index in [9.17, 15) is 0 Å². The molecule has 22 heavy (non-hydrogen) atoms. The number of rotatable bonds is 7. The summed E-state index contributed by atoms with van der Waals surface area (Å²) < 4.78 is 5.62. The summed E-state index contributed by atoms with van der Waals surface area (Å²) in [4.78, 5) is 4.62. The standard InChI is InChI=1S/C17H26ClN3O/c1-2-19-17(21-12-10-16-4-3-13-22-16)20-11-9-14-5-7-15(18)8-6-14/h5-8,16H,2-4,9-13H2,1H3,(H2,19,20,21). The van der Waals surface area contributed by atoms with E-state index in [0.717, 1.165) is 50.1 Å². The average molecular weight is 324 g/mol. The van der Waals surface area contributed by atoms with E-state index < -0.39 is 0 Å². The van der Waals surface area contributed by atoms with Crippen molar-refractivity contribution in [3.05, 3.63) is 34.9 Å². The molecule has 1 fully saturated rings. The Bertz CT molecular complexity index is 455. The molecule has 0 aliphatic carbocycles. The van der Waals surface area contributed by atoms with Crippen molar-refractivity contribution >= 4 is 17.6 Å². The number of hydrogen-bond acceptors (Lipinski definition) is 2. The molecule has 1 aliphatic heterocycles. The molecule has 0 radical (unpaired) electrons. The molecule has 1 aromatic carbocycles. The van der Waals surface area contributed by atoms with Crippen LogP contribution in [0.15, 0.2) is 29.3 Å². The van der Waals surface area contributed by atoms with E-state index in [1.54, 1.807) is 0 Å². The molecule has 122 valence electrons. The number of nitrogens with zero attached hydrogens (tertiary/aromatic N) is 1. The summed E-state index contributed by atoms with van der Waals surface area (Å²) >= 11 is 5.89. The number of hydrogen-bond donors (Lipinski definition) is 2. The van der Waals surface area contributed by atoms with Crippen LogP contribution >= 0.6 is 11.6 Å². The van der Waals surface area contributed by atoms with Crippen LogP contribution in [0.3, 0.4) is 0 Å². The SMILES string of the molecule is CCNC(=NCCC1CCCO1)NCCc1ccc(Cl)cc1. The maximum absolute atomic E-state index is 5.89. The van der Waals surface area contributed by atoms with Gasteiger partial charge in [0.15, 0.2) is 5.96 Å². The summed E-state index contributed by atoms with van der Waals surface area (Å²) in [6.07, 6.45) is 4.73. The monoisotopic (exact) mass is 323 g/mol. The lowest BCUT2D eigenvalue weighted by atomic mass is 10.1. The van der Waals surface area contributed by atoms with Gasteiger partial charge in [-0.1, -0.05) is 23.7 Å². The van der Waals surface area contributed by atoms with Gasteiger partial charge in [-0.25, -0.2) is 0 Å². The third kappa shape index (κ3) is 6.24. The van der Waals surface area contributed by atoms with Crippen LogP contribution in [0.4, 0.5) is 0 Å². The minimum atomic E-state index is 0.403. The zero-order chi connectivity index (χ0) is 15.6. The fourth-order valence-electron chi connectivity index (χ4n) is 2.51. The topological polar surface area (TPSA) is 45.7 Å². The average Bonchev–Trinajstić information content (AvgIpc) is 3.02. The van der Waals surface area contributed by atoms with Crippen molar-refractivity contribution in [2.24, 2.45) is 4.99 Å². The number of nitrogens with one attached hydrogen (secondary N) is 2. The highest BCUT2D eigenvalue weighted by Gasteiger charge is 2.14. The van der Waals surface area contributed by atoms with E-state index in [1.165, 1.54) is 18.4 Å². The third-order valence-corrected chi connectivity index (χ3v) is 3.96. The first-order valence-electron chi connectivity index (χ1n) is 8.16. The van der Waals surface area contributed by atoms with Crippen molar-refractivity contribution in [1.29, 1.82) is 0 Å². The lowest BCUT2D eigenvalue weighted by molar-refractivity contribution is 0.106. The molecule has 0 spiro atoms. The van der Waals surface area contributed by atoms with Crippen LogP contribution in [-0.2, 0) is 11.2 Å². The molecule has 1 atom stereocenters. The Morgan fingerprint density at radius 3 is 2.82 bits per heavy atom. The molecule has 1 aliphatic rings. The summed E-state index contributed by atoms with van der Waals surface area (Å²) in [5.41, 5.74) is 1.27. The number of ether oxygens (including phenoxy) is 1. The van der Waals surface area contributed by atoms with Crippen LogP contribution in [-0.4, -0.2) is 38.3 Å². The van der Waals surface area contributed by atoms with E-state index in [0.29, 0.717) is 6.10 Å². The fourth-order valence-corrected chi connectivity index (χ4v) is 2.64. The molecular weight excluding hydrogens is 298 g/mol. The first-order valence-corrected chi connectivity index (χ1v) is 8.54. The van der Waals surface area contributed by atoms with Gasteiger partial charge in [-0.15, -0.1) is 0 Å². The van der Waals surface area contributed by atoms with Crippen molar-refractivity contribution in [2.45, 2.75) is 38.7 Å². The fraction of sp³-hybridized carbons (Fsp3) is 0.588. The molecule has 0 aromatic heterocycles. The molecule has 4 nitrogen and oxygen atoms in total. The van der Waals surface area contributed by atoms with Gasteiger partial charge in [-0.3, -0.25) is 4.99 Å². The Morgan fingerprint density at radius 2 is 2.14 bits per heavy atom. The van der Waals surface area contributed by atoms with Crippen molar-refractivity contribution in [3.8, 4) is 0 Å². The summed E-state index contributed by atoms with van der Waals surface area (Å²) in [6, 6.07) is 7.98. The van der Waals surface area contributed by atoms with Gasteiger partial charge in [0.1, 0.15) is 0 Å². The second-order valence-electron chi connectivity index (χ2n) is 5.49. The van der Waals surface area contributed by atoms with Crippen LogP contribution in [0, 0.1) is 0 Å². The van der Waals surface area contributed by atoms with Gasteiger partial charge in [0.25, 0.3) is 0 Å². The van der Waals surface area contributed by atoms with Crippen molar-refractivity contribution in [2.75, 3.05) is 26.2 Å². The number of halogens is 1. The highest BCUT2D eigenvalue weighted by molar-refractivity contribution is 6.30. The zero-order valence-corrected chi connectivity index (χ0v) is 14.0. The highest BCUT2D eigenvalue weighted by atomic mass is 35.5. The number of guanidine groups is 1. The van der Waals surface area contributed by atoms with Gasteiger partial charge >= 0.3 is 0 Å².